The lowest BCUT2D eigenvalue weighted by Crippen LogP contribution is -2.51. The Labute approximate surface area is 232 Å². The lowest BCUT2D eigenvalue weighted by molar-refractivity contribution is -0.384. The number of nitrogens with one attached hydrogen (secondary N) is 1. The molecule has 0 saturated heterocycles. The van der Waals surface area contributed by atoms with E-state index in [1.165, 1.54) is 61.5 Å². The van der Waals surface area contributed by atoms with Crippen molar-refractivity contribution in [2.75, 3.05) is 17.4 Å². The van der Waals surface area contributed by atoms with Crippen molar-refractivity contribution < 1.29 is 27.3 Å². The van der Waals surface area contributed by atoms with Crippen LogP contribution in [0.4, 0.5) is 15.8 Å². The van der Waals surface area contributed by atoms with Crippen LogP contribution in [-0.4, -0.2) is 49.2 Å². The maximum Gasteiger partial charge on any atom is 0.269 e. The number of hydrogen-bond donors (Lipinski definition) is 1. The number of carbonyl (C=O) groups excluding carboxylic acids is 2. The highest BCUT2D eigenvalue weighted by Crippen LogP contribution is 2.26. The summed E-state index contributed by atoms with van der Waals surface area (Å²) in [5.41, 5.74) is -0.110. The zero-order valence-electron chi connectivity index (χ0n) is 22.4. The molecular formula is C28H31FN4O6S. The molecule has 212 valence electrons. The number of carbonyl (C=O) groups is 2. The molecule has 12 heteroatoms. The second-order valence-corrected chi connectivity index (χ2v) is 11.4. The molecule has 0 saturated carbocycles. The fourth-order valence-corrected chi connectivity index (χ4v) is 5.27. The molecule has 0 aliphatic rings. The van der Waals surface area contributed by atoms with Gasteiger partial charge in [-0.1, -0.05) is 50.2 Å². The van der Waals surface area contributed by atoms with Gasteiger partial charge in [0.05, 0.1) is 15.5 Å². The number of nitrogens with zero attached hydrogens (tertiary/aromatic N) is 3. The number of nitro groups is 1. The summed E-state index contributed by atoms with van der Waals surface area (Å²) < 4.78 is 42.8. The van der Waals surface area contributed by atoms with Gasteiger partial charge < -0.3 is 10.2 Å². The maximum atomic E-state index is 14.6. The van der Waals surface area contributed by atoms with Crippen molar-refractivity contribution in [3.8, 4) is 0 Å². The van der Waals surface area contributed by atoms with E-state index in [1.807, 2.05) is 13.8 Å². The molecule has 3 aromatic carbocycles. The smallest absolute Gasteiger partial charge is 0.269 e. The second-order valence-electron chi connectivity index (χ2n) is 9.53. The summed E-state index contributed by atoms with van der Waals surface area (Å²) in [5, 5.41) is 13.9. The summed E-state index contributed by atoms with van der Waals surface area (Å²) in [5.74, 6) is -1.70. The van der Waals surface area contributed by atoms with Crippen molar-refractivity contribution in [3.05, 3.63) is 100 Å². The maximum absolute atomic E-state index is 14.6. The third-order valence-electron chi connectivity index (χ3n) is 6.11. The number of nitro benzene ring substituents is 1. The molecule has 0 heterocycles. The summed E-state index contributed by atoms with van der Waals surface area (Å²) in [6, 6.07) is 16.8. The molecule has 3 aromatic rings. The lowest BCUT2D eigenvalue weighted by atomic mass is 10.1. The van der Waals surface area contributed by atoms with Crippen molar-refractivity contribution >= 4 is 33.2 Å². The van der Waals surface area contributed by atoms with Gasteiger partial charge in [0.15, 0.2) is 0 Å². The molecule has 0 radical (unpaired) electrons. The molecule has 0 bridgehead atoms. The van der Waals surface area contributed by atoms with Gasteiger partial charge >= 0.3 is 0 Å². The predicted molar refractivity (Wildman–Crippen MR) is 148 cm³/mol. The molecule has 3 rings (SSSR count). The normalized spacial score (nSPS) is 12.0. The van der Waals surface area contributed by atoms with Gasteiger partial charge in [0, 0.05) is 30.8 Å². The van der Waals surface area contributed by atoms with Crippen molar-refractivity contribution in [3.63, 3.8) is 0 Å². The molecule has 0 unspecified atom stereocenters. The van der Waals surface area contributed by atoms with Crippen molar-refractivity contribution in [1.29, 1.82) is 0 Å². The van der Waals surface area contributed by atoms with Crippen LogP contribution in [0.3, 0.4) is 0 Å². The van der Waals surface area contributed by atoms with Gasteiger partial charge in [-0.2, -0.15) is 0 Å². The standard InChI is InChI=1S/C28H31FN4O6S/c1-20(2)17-30-28(35)21(3)31(18-22-9-7-8-12-26(22)29)27(34)19-32(23-13-15-24(16-14-23)33(36)37)40(38,39)25-10-5-4-6-11-25/h4-16,20-21H,17-19H2,1-3H3,(H,30,35)/t21-/m0/s1. The molecule has 0 aromatic heterocycles. The van der Waals surface area contributed by atoms with Crippen LogP contribution in [0.25, 0.3) is 0 Å². The highest BCUT2D eigenvalue weighted by atomic mass is 32.2. The summed E-state index contributed by atoms with van der Waals surface area (Å²) in [6.45, 7) is 4.61. The molecule has 40 heavy (non-hydrogen) atoms. The van der Waals surface area contributed by atoms with Crippen molar-refractivity contribution in [1.82, 2.24) is 10.2 Å². The minimum atomic E-state index is -4.32. The molecule has 1 N–H and O–H groups in total. The average molecular weight is 571 g/mol. The van der Waals surface area contributed by atoms with Crippen molar-refractivity contribution in [2.24, 2.45) is 5.92 Å². The van der Waals surface area contributed by atoms with Gasteiger partial charge in [0.25, 0.3) is 15.7 Å². The van der Waals surface area contributed by atoms with Gasteiger partial charge in [-0.15, -0.1) is 0 Å². The van der Waals surface area contributed by atoms with Crippen LogP contribution in [0.15, 0.2) is 83.8 Å². The zero-order valence-corrected chi connectivity index (χ0v) is 23.2. The third-order valence-corrected chi connectivity index (χ3v) is 7.90. The number of sulfonamides is 1. The van der Waals surface area contributed by atoms with E-state index in [1.54, 1.807) is 12.1 Å². The number of amides is 2. The van der Waals surface area contributed by atoms with E-state index in [9.17, 15) is 32.5 Å². The first-order valence-corrected chi connectivity index (χ1v) is 14.0. The van der Waals surface area contributed by atoms with Gasteiger partial charge in [0.2, 0.25) is 11.8 Å². The summed E-state index contributed by atoms with van der Waals surface area (Å²) in [7, 11) is -4.32. The zero-order chi connectivity index (χ0) is 29.4. The Hall–Kier alpha value is -4.32. The van der Waals surface area contributed by atoms with Gasteiger partial charge in [-0.25, -0.2) is 12.8 Å². The predicted octanol–water partition coefficient (Wildman–Crippen LogP) is 4.12. The largest absolute Gasteiger partial charge is 0.354 e. The number of non-ortho nitro benzene ring substituents is 1. The molecule has 1 atom stereocenters. The van der Waals surface area contributed by atoms with Gasteiger partial charge in [-0.05, 0) is 43.2 Å². The Bertz CT molecular complexity index is 1450. The third kappa shape index (κ3) is 7.41. The van der Waals surface area contributed by atoms with Crippen LogP contribution < -0.4 is 9.62 Å². The van der Waals surface area contributed by atoms with E-state index < -0.39 is 45.2 Å². The Morgan fingerprint density at radius 3 is 2.12 bits per heavy atom. The first-order chi connectivity index (χ1) is 18.9. The molecule has 2 amide bonds. The van der Waals surface area contributed by atoms with Crippen LogP contribution in [0.2, 0.25) is 0 Å². The quantitative estimate of drug-likeness (QED) is 0.258. The minimum absolute atomic E-state index is 0.00515. The number of rotatable bonds is 12. The fraction of sp³-hybridized carbons (Fsp3) is 0.286. The molecular weight excluding hydrogens is 539 g/mol. The highest BCUT2D eigenvalue weighted by Gasteiger charge is 2.33. The molecule has 0 spiro atoms. The highest BCUT2D eigenvalue weighted by molar-refractivity contribution is 7.92. The van der Waals surface area contributed by atoms with Gasteiger partial charge in [-0.3, -0.25) is 24.0 Å². The van der Waals surface area contributed by atoms with Crippen LogP contribution >= 0.6 is 0 Å². The lowest BCUT2D eigenvalue weighted by Gasteiger charge is -2.32. The first-order valence-electron chi connectivity index (χ1n) is 12.5. The van der Waals surface area contributed by atoms with E-state index in [2.05, 4.69) is 5.32 Å². The van der Waals surface area contributed by atoms with E-state index in [0.717, 1.165) is 21.3 Å². The van der Waals surface area contributed by atoms with E-state index in [4.69, 9.17) is 0 Å². The fourth-order valence-electron chi connectivity index (χ4n) is 3.83. The average Bonchev–Trinajstić information content (AvgIpc) is 2.94. The van der Waals surface area contributed by atoms with Crippen molar-refractivity contribution in [2.45, 2.75) is 38.3 Å². The van der Waals surface area contributed by atoms with E-state index in [-0.39, 0.29) is 34.3 Å². The van der Waals surface area contributed by atoms with Crippen LogP contribution in [0.5, 0.6) is 0 Å². The second kappa shape index (κ2) is 13.2. The molecule has 0 aliphatic heterocycles. The summed E-state index contributed by atoms with van der Waals surface area (Å²) in [4.78, 5) is 38.3. The van der Waals surface area contributed by atoms with Gasteiger partial charge in [0.1, 0.15) is 18.4 Å². The number of hydrogen-bond acceptors (Lipinski definition) is 6. The summed E-state index contributed by atoms with van der Waals surface area (Å²) >= 11 is 0. The first kappa shape index (κ1) is 30.2. The minimum Gasteiger partial charge on any atom is -0.354 e. The van der Waals surface area contributed by atoms with E-state index in [0.29, 0.717) is 6.54 Å². The Balaban J connectivity index is 2.03. The Morgan fingerprint density at radius 1 is 0.950 bits per heavy atom. The topological polar surface area (TPSA) is 130 Å². The molecule has 0 aliphatic carbocycles. The number of halogens is 1. The molecule has 0 fully saturated rings. The van der Waals surface area contributed by atoms with Crippen LogP contribution in [-0.2, 0) is 26.2 Å². The van der Waals surface area contributed by atoms with Crippen LogP contribution in [0.1, 0.15) is 26.3 Å². The Morgan fingerprint density at radius 2 is 1.55 bits per heavy atom. The molecule has 10 nitrogen and oxygen atoms in total. The number of anilines is 1. The SMILES string of the molecule is CC(C)CNC(=O)[C@H](C)N(Cc1ccccc1F)C(=O)CN(c1ccc([N+](=O)[O-])cc1)S(=O)(=O)c1ccccc1. The number of benzene rings is 3. The van der Waals surface area contributed by atoms with E-state index >= 15 is 0 Å². The monoisotopic (exact) mass is 570 g/mol. The van der Waals surface area contributed by atoms with Crippen LogP contribution in [0, 0.1) is 21.8 Å². The summed E-state index contributed by atoms with van der Waals surface area (Å²) in [6.07, 6.45) is 0. The Kier molecular flexibility index (Phi) is 9.94.